The molecule has 0 unspecified atom stereocenters. The average Bonchev–Trinajstić information content (AvgIpc) is 3.76. The van der Waals surface area contributed by atoms with Gasteiger partial charge in [0.1, 0.15) is 16.3 Å². The molecule has 0 spiro atoms. The minimum atomic E-state index is -0.557. The van der Waals surface area contributed by atoms with Crippen molar-refractivity contribution >= 4 is 45.7 Å². The van der Waals surface area contributed by atoms with Gasteiger partial charge in [0, 0.05) is 48.7 Å². The number of benzene rings is 3. The number of nitrogens with zero attached hydrogens (tertiary/aromatic N) is 1. The lowest BCUT2D eigenvalue weighted by Gasteiger charge is -2.19. The maximum Gasteiger partial charge on any atom is 0.306 e. The molecule has 0 aliphatic heterocycles. The quantitative estimate of drug-likeness (QED) is 0.121. The summed E-state index contributed by atoms with van der Waals surface area (Å²) in [7, 11) is 0. The van der Waals surface area contributed by atoms with E-state index in [1.807, 2.05) is 88.4 Å². The Morgan fingerprint density at radius 2 is 1.65 bits per heavy atom. The van der Waals surface area contributed by atoms with Gasteiger partial charge in [-0.05, 0) is 81.8 Å². The molecular weight excluding hydrogens is 625 g/mol. The highest BCUT2D eigenvalue weighted by atomic mass is 32.1. The molecule has 1 aliphatic carbocycles. The molecule has 0 bridgehead atoms. The summed E-state index contributed by atoms with van der Waals surface area (Å²) < 4.78 is 5.34. The third-order valence-corrected chi connectivity index (χ3v) is 8.61. The van der Waals surface area contributed by atoms with Crippen molar-refractivity contribution in [3.63, 3.8) is 0 Å². The van der Waals surface area contributed by atoms with Crippen molar-refractivity contribution in [2.75, 3.05) is 5.32 Å². The first-order chi connectivity index (χ1) is 22.9. The van der Waals surface area contributed by atoms with Gasteiger partial charge < -0.3 is 20.7 Å². The van der Waals surface area contributed by atoms with Crippen molar-refractivity contribution in [2.24, 2.45) is 0 Å². The number of hydrogen-bond acceptors (Lipinski definition) is 8. The molecule has 1 aliphatic rings. The van der Waals surface area contributed by atoms with Gasteiger partial charge in [-0.2, -0.15) is 0 Å². The van der Waals surface area contributed by atoms with Gasteiger partial charge in [-0.25, -0.2) is 4.98 Å². The highest BCUT2D eigenvalue weighted by Crippen LogP contribution is 2.34. The first-order valence-corrected chi connectivity index (χ1v) is 17.1. The molecule has 0 radical (unpaired) electrons. The van der Waals surface area contributed by atoms with Crippen LogP contribution in [0, 0.1) is 6.92 Å². The molecule has 9 nitrogen and oxygen atoms in total. The Hall–Kier alpha value is -4.83. The monoisotopic (exact) mass is 666 g/mol. The molecule has 1 aromatic heterocycles. The lowest BCUT2D eigenvalue weighted by atomic mass is 10.0. The number of rotatable bonds is 14. The smallest absolute Gasteiger partial charge is 0.306 e. The maximum atomic E-state index is 13.6. The summed E-state index contributed by atoms with van der Waals surface area (Å²) in [6.45, 7) is 7.75. The van der Waals surface area contributed by atoms with Crippen molar-refractivity contribution in [1.29, 1.82) is 0 Å². The zero-order chi connectivity index (χ0) is 34.3. The summed E-state index contributed by atoms with van der Waals surface area (Å²) >= 11 is 1.23. The average molecular weight is 667 g/mol. The molecule has 0 saturated heterocycles. The normalized spacial score (nSPS) is 12.7. The predicted molar refractivity (Wildman–Crippen MR) is 189 cm³/mol. The van der Waals surface area contributed by atoms with E-state index in [9.17, 15) is 19.2 Å². The molecule has 3 N–H and O–H groups in total. The van der Waals surface area contributed by atoms with Crippen molar-refractivity contribution in [3.8, 4) is 11.3 Å². The van der Waals surface area contributed by atoms with Gasteiger partial charge in [-0.15, -0.1) is 0 Å². The van der Waals surface area contributed by atoms with Crippen molar-refractivity contribution in [2.45, 2.75) is 84.4 Å². The number of ether oxygens (including phenoxy) is 1. The lowest BCUT2D eigenvalue weighted by molar-refractivity contribution is -0.154. The van der Waals surface area contributed by atoms with Gasteiger partial charge in [-0.3, -0.25) is 19.2 Å². The summed E-state index contributed by atoms with van der Waals surface area (Å²) in [5, 5.41) is 9.88. The molecule has 2 amide bonds. The Labute approximate surface area is 285 Å². The van der Waals surface area contributed by atoms with E-state index in [-0.39, 0.29) is 48.9 Å². The van der Waals surface area contributed by atoms with Gasteiger partial charge in [0.15, 0.2) is 5.13 Å². The molecule has 1 saturated carbocycles. The fourth-order valence-electron chi connectivity index (χ4n) is 5.06. The minimum Gasteiger partial charge on any atom is -0.460 e. The maximum absolute atomic E-state index is 13.6. The number of carbonyl (C=O) groups excluding carboxylic acids is 4. The molecule has 250 valence electrons. The van der Waals surface area contributed by atoms with Crippen LogP contribution in [0.4, 0.5) is 10.8 Å². The molecule has 4 aromatic rings. The number of ketones is 1. The molecule has 1 heterocycles. The zero-order valence-corrected chi connectivity index (χ0v) is 28.7. The molecule has 10 heteroatoms. The SMILES string of the molecule is Cc1ccc(C(=O)NC2CC2)cc1Nc1nc(-c2cccc(CC(=O)CCCC(=O)OC(C)(C)C)c2)c(C(=O)NCc2ccccc2)s1. The number of anilines is 2. The van der Waals surface area contributed by atoms with Gasteiger partial charge in [0.2, 0.25) is 0 Å². The third kappa shape index (κ3) is 10.1. The van der Waals surface area contributed by atoms with Crippen LogP contribution in [0.3, 0.4) is 0 Å². The van der Waals surface area contributed by atoms with Crippen LogP contribution in [0.5, 0.6) is 0 Å². The Morgan fingerprint density at radius 1 is 0.896 bits per heavy atom. The standard InChI is InChI=1S/C38H42N4O5S/c1-24-16-17-28(35(45)40-29-18-19-29)22-31(24)41-37-42-33(34(48-37)36(46)39-23-25-10-6-5-7-11-25)27-13-8-12-26(20-27)21-30(43)14-9-15-32(44)47-38(2,3)4/h5-8,10-13,16-17,20,22,29H,9,14-15,18-19,21,23H2,1-4H3,(H,39,46)(H,40,45)(H,41,42). The first kappa shape index (κ1) is 34.5. The van der Waals surface area contributed by atoms with Crippen LogP contribution >= 0.6 is 11.3 Å². The number of carbonyl (C=O) groups is 4. The number of aromatic nitrogens is 1. The second-order valence-electron chi connectivity index (χ2n) is 13.1. The Morgan fingerprint density at radius 3 is 2.38 bits per heavy atom. The molecule has 3 aromatic carbocycles. The fraction of sp³-hybridized carbons (Fsp3) is 0.342. The Bertz CT molecular complexity index is 1790. The zero-order valence-electron chi connectivity index (χ0n) is 27.9. The van der Waals surface area contributed by atoms with Crippen LogP contribution in [-0.4, -0.2) is 40.2 Å². The van der Waals surface area contributed by atoms with Crippen LogP contribution in [0.15, 0.2) is 72.8 Å². The number of esters is 1. The number of hydrogen-bond donors (Lipinski definition) is 3. The number of amides is 2. The van der Waals surface area contributed by atoms with E-state index in [1.54, 1.807) is 12.1 Å². The predicted octanol–water partition coefficient (Wildman–Crippen LogP) is 7.31. The topological polar surface area (TPSA) is 126 Å². The van der Waals surface area contributed by atoms with E-state index in [4.69, 9.17) is 9.72 Å². The highest BCUT2D eigenvalue weighted by Gasteiger charge is 2.25. The highest BCUT2D eigenvalue weighted by molar-refractivity contribution is 7.18. The van der Waals surface area contributed by atoms with Gasteiger partial charge in [0.05, 0.1) is 5.69 Å². The van der Waals surface area contributed by atoms with Crippen LogP contribution in [0.25, 0.3) is 11.3 Å². The second kappa shape index (κ2) is 15.4. The van der Waals surface area contributed by atoms with E-state index in [0.717, 1.165) is 35.2 Å². The summed E-state index contributed by atoms with van der Waals surface area (Å²) in [6.07, 6.45) is 3.07. The van der Waals surface area contributed by atoms with E-state index in [0.29, 0.717) is 39.8 Å². The van der Waals surface area contributed by atoms with Crippen LogP contribution in [0.1, 0.15) is 89.6 Å². The Balaban J connectivity index is 1.34. The van der Waals surface area contributed by atoms with Crippen molar-refractivity contribution in [3.05, 3.63) is 99.9 Å². The fourth-order valence-corrected chi connectivity index (χ4v) is 5.97. The lowest BCUT2D eigenvalue weighted by Crippen LogP contribution is -2.25. The van der Waals surface area contributed by atoms with Crippen LogP contribution < -0.4 is 16.0 Å². The number of aryl methyl sites for hydroxylation is 1. The van der Waals surface area contributed by atoms with Gasteiger partial charge in [-0.1, -0.05) is 65.9 Å². The number of thiazole rings is 1. The molecule has 48 heavy (non-hydrogen) atoms. The Kier molecular flexibility index (Phi) is 11.1. The van der Waals surface area contributed by atoms with E-state index < -0.39 is 5.60 Å². The van der Waals surface area contributed by atoms with Gasteiger partial charge >= 0.3 is 5.97 Å². The molecule has 1 fully saturated rings. The van der Waals surface area contributed by atoms with Crippen molar-refractivity contribution in [1.82, 2.24) is 15.6 Å². The minimum absolute atomic E-state index is 0.0123. The summed E-state index contributed by atoms with van der Waals surface area (Å²) in [4.78, 5) is 56.5. The van der Waals surface area contributed by atoms with Crippen LogP contribution in [-0.2, 0) is 27.3 Å². The van der Waals surface area contributed by atoms with E-state index >= 15 is 0 Å². The van der Waals surface area contributed by atoms with Crippen molar-refractivity contribution < 1.29 is 23.9 Å². The summed E-state index contributed by atoms with van der Waals surface area (Å²) in [5.41, 5.74) is 4.61. The number of nitrogens with one attached hydrogen (secondary N) is 3. The molecule has 5 rings (SSSR count). The summed E-state index contributed by atoms with van der Waals surface area (Å²) in [5.74, 6) is -0.681. The third-order valence-electron chi connectivity index (χ3n) is 7.64. The molecular formula is C38H42N4O5S. The number of Topliss-reactive ketones (excluding diaryl/α,β-unsaturated/α-hetero) is 1. The van der Waals surface area contributed by atoms with Crippen LogP contribution in [0.2, 0.25) is 0 Å². The largest absolute Gasteiger partial charge is 0.460 e. The van der Waals surface area contributed by atoms with Gasteiger partial charge in [0.25, 0.3) is 11.8 Å². The van der Waals surface area contributed by atoms with E-state index in [2.05, 4.69) is 16.0 Å². The molecule has 0 atom stereocenters. The summed E-state index contributed by atoms with van der Waals surface area (Å²) in [6, 6.07) is 22.9. The second-order valence-corrected chi connectivity index (χ2v) is 14.1. The first-order valence-electron chi connectivity index (χ1n) is 16.3. The van der Waals surface area contributed by atoms with E-state index in [1.165, 1.54) is 11.3 Å².